The van der Waals surface area contributed by atoms with Crippen molar-refractivity contribution in [1.82, 2.24) is 14.9 Å². The lowest BCUT2D eigenvalue weighted by atomic mass is 10.2. The topological polar surface area (TPSA) is 84.2 Å². The Bertz CT molecular complexity index is 429. The molecular weight excluding hydrogens is 230 g/mol. The monoisotopic (exact) mass is 245 g/mol. The summed E-state index contributed by atoms with van der Waals surface area (Å²) in [5, 5.41) is 12.6. The number of aromatic nitrogens is 2. The summed E-state index contributed by atoms with van der Waals surface area (Å²) in [5.74, 6) is -0.103. The van der Waals surface area contributed by atoms with Crippen LogP contribution in [0.15, 0.2) is 18.7 Å². The molecular formula is C9H15N3O3S. The molecule has 2 heterocycles. The molecule has 1 aromatic rings. The Morgan fingerprint density at radius 2 is 2.31 bits per heavy atom. The smallest absolute Gasteiger partial charge is 0.154 e. The quantitative estimate of drug-likeness (QED) is 0.684. The molecule has 90 valence electrons. The molecule has 0 amide bonds. The molecule has 7 heteroatoms. The number of nitrogens with zero attached hydrogens (tertiary/aromatic N) is 2. The Morgan fingerprint density at radius 3 is 2.88 bits per heavy atom. The lowest BCUT2D eigenvalue weighted by Gasteiger charge is -2.14. The van der Waals surface area contributed by atoms with Gasteiger partial charge in [-0.2, -0.15) is 0 Å². The fourth-order valence-electron chi connectivity index (χ4n) is 1.82. The van der Waals surface area contributed by atoms with Crippen LogP contribution in [0.2, 0.25) is 0 Å². The van der Waals surface area contributed by atoms with Gasteiger partial charge < -0.3 is 15.0 Å². The van der Waals surface area contributed by atoms with Gasteiger partial charge in [-0.3, -0.25) is 0 Å². The van der Waals surface area contributed by atoms with Crippen LogP contribution in [0, 0.1) is 0 Å². The average Bonchev–Trinajstić information content (AvgIpc) is 2.75. The minimum atomic E-state index is -3.06. The van der Waals surface area contributed by atoms with Crippen molar-refractivity contribution in [1.29, 1.82) is 0 Å². The second kappa shape index (κ2) is 4.52. The van der Waals surface area contributed by atoms with Gasteiger partial charge in [-0.05, 0) is 0 Å². The lowest BCUT2D eigenvalue weighted by molar-refractivity contribution is 0.165. The summed E-state index contributed by atoms with van der Waals surface area (Å²) in [6.45, 7) is 1.33. The van der Waals surface area contributed by atoms with E-state index in [4.69, 9.17) is 0 Å². The molecule has 1 aliphatic rings. The number of imidazole rings is 1. The molecule has 0 bridgehead atoms. The maximum absolute atomic E-state index is 11.2. The number of aliphatic hydroxyl groups excluding tert-OH is 1. The number of nitrogens with one attached hydrogen (secondary N) is 1. The summed E-state index contributed by atoms with van der Waals surface area (Å²) in [4.78, 5) is 3.90. The van der Waals surface area contributed by atoms with Crippen LogP contribution in [0.5, 0.6) is 0 Å². The summed E-state index contributed by atoms with van der Waals surface area (Å²) in [5.41, 5.74) is 0. The Labute approximate surface area is 94.2 Å². The summed E-state index contributed by atoms with van der Waals surface area (Å²) in [6.07, 6.45) is 4.44. The predicted octanol–water partition coefficient (Wildman–Crippen LogP) is -1.37. The molecule has 0 saturated carbocycles. The zero-order valence-corrected chi connectivity index (χ0v) is 9.60. The number of rotatable bonds is 4. The maximum atomic E-state index is 11.2. The van der Waals surface area contributed by atoms with Crippen molar-refractivity contribution in [3.05, 3.63) is 18.7 Å². The fourth-order valence-corrected chi connectivity index (χ4v) is 3.60. The van der Waals surface area contributed by atoms with E-state index in [2.05, 4.69) is 10.3 Å². The van der Waals surface area contributed by atoms with Gasteiger partial charge in [0.1, 0.15) is 0 Å². The van der Waals surface area contributed by atoms with Gasteiger partial charge in [0.05, 0.1) is 23.9 Å². The molecule has 2 N–H and O–H groups in total. The molecule has 0 aromatic carbocycles. The van der Waals surface area contributed by atoms with Crippen LogP contribution in [-0.2, 0) is 16.4 Å². The van der Waals surface area contributed by atoms with E-state index in [0.29, 0.717) is 13.1 Å². The maximum Gasteiger partial charge on any atom is 0.154 e. The van der Waals surface area contributed by atoms with Crippen molar-refractivity contribution < 1.29 is 13.5 Å². The number of aliphatic hydroxyl groups is 1. The first-order chi connectivity index (χ1) is 7.57. The van der Waals surface area contributed by atoms with Gasteiger partial charge in [0.25, 0.3) is 0 Å². The van der Waals surface area contributed by atoms with Gasteiger partial charge in [-0.15, -0.1) is 0 Å². The molecule has 0 aliphatic carbocycles. The van der Waals surface area contributed by atoms with Crippen molar-refractivity contribution in [2.24, 2.45) is 0 Å². The van der Waals surface area contributed by atoms with Crippen molar-refractivity contribution in [2.45, 2.75) is 18.7 Å². The third kappa shape index (κ3) is 2.81. The second-order valence-electron chi connectivity index (χ2n) is 4.01. The SMILES string of the molecule is O=S1(=O)CC(O)C(NCCn2ccnc2)C1. The molecule has 1 aliphatic heterocycles. The highest BCUT2D eigenvalue weighted by atomic mass is 32.2. The van der Waals surface area contributed by atoms with E-state index in [9.17, 15) is 13.5 Å². The Hall–Kier alpha value is -0.920. The van der Waals surface area contributed by atoms with Crippen LogP contribution in [0.1, 0.15) is 0 Å². The number of sulfone groups is 1. The largest absolute Gasteiger partial charge is 0.390 e. The van der Waals surface area contributed by atoms with Crippen LogP contribution in [0.3, 0.4) is 0 Å². The van der Waals surface area contributed by atoms with Crippen molar-refractivity contribution in [3.63, 3.8) is 0 Å². The van der Waals surface area contributed by atoms with Gasteiger partial charge in [0, 0.05) is 31.5 Å². The fraction of sp³-hybridized carbons (Fsp3) is 0.667. The third-order valence-electron chi connectivity index (χ3n) is 2.66. The highest BCUT2D eigenvalue weighted by Crippen LogP contribution is 2.12. The van der Waals surface area contributed by atoms with Crippen LogP contribution >= 0.6 is 0 Å². The third-order valence-corrected chi connectivity index (χ3v) is 4.37. The molecule has 16 heavy (non-hydrogen) atoms. The van der Waals surface area contributed by atoms with Gasteiger partial charge >= 0.3 is 0 Å². The summed E-state index contributed by atoms with van der Waals surface area (Å²) in [6, 6.07) is -0.339. The minimum absolute atomic E-state index is 0.0259. The highest BCUT2D eigenvalue weighted by Gasteiger charge is 2.35. The lowest BCUT2D eigenvalue weighted by Crippen LogP contribution is -2.40. The number of hydrogen-bond donors (Lipinski definition) is 2. The van der Waals surface area contributed by atoms with Crippen LogP contribution in [0.4, 0.5) is 0 Å². The minimum Gasteiger partial charge on any atom is -0.390 e. The Morgan fingerprint density at radius 1 is 1.50 bits per heavy atom. The van der Waals surface area contributed by atoms with Crippen LogP contribution in [0.25, 0.3) is 0 Å². The molecule has 6 nitrogen and oxygen atoms in total. The molecule has 0 radical (unpaired) electrons. The summed E-state index contributed by atoms with van der Waals surface area (Å²) < 4.78 is 24.3. The molecule has 1 saturated heterocycles. The van der Waals surface area contributed by atoms with Gasteiger partial charge in [0.15, 0.2) is 9.84 Å². The number of hydrogen-bond acceptors (Lipinski definition) is 5. The second-order valence-corrected chi connectivity index (χ2v) is 6.16. The first-order valence-corrected chi connectivity index (χ1v) is 6.96. The zero-order chi connectivity index (χ0) is 11.6. The molecule has 1 fully saturated rings. The van der Waals surface area contributed by atoms with E-state index in [1.54, 1.807) is 12.5 Å². The first-order valence-electron chi connectivity index (χ1n) is 5.14. The van der Waals surface area contributed by atoms with E-state index in [1.807, 2.05) is 10.8 Å². The Balaban J connectivity index is 1.79. The summed E-state index contributed by atoms with van der Waals surface area (Å²) >= 11 is 0. The predicted molar refractivity (Wildman–Crippen MR) is 58.7 cm³/mol. The molecule has 2 unspecified atom stereocenters. The van der Waals surface area contributed by atoms with E-state index in [-0.39, 0.29) is 17.5 Å². The van der Waals surface area contributed by atoms with Gasteiger partial charge in [-0.25, -0.2) is 13.4 Å². The van der Waals surface area contributed by atoms with Gasteiger partial charge in [-0.1, -0.05) is 0 Å². The van der Waals surface area contributed by atoms with Crippen molar-refractivity contribution in [2.75, 3.05) is 18.1 Å². The first kappa shape index (κ1) is 11.6. The highest BCUT2D eigenvalue weighted by molar-refractivity contribution is 7.91. The van der Waals surface area contributed by atoms with E-state index in [0.717, 1.165) is 0 Å². The normalized spacial score (nSPS) is 28.3. The average molecular weight is 245 g/mol. The zero-order valence-electron chi connectivity index (χ0n) is 8.78. The van der Waals surface area contributed by atoms with Gasteiger partial charge in [0.2, 0.25) is 0 Å². The van der Waals surface area contributed by atoms with E-state index < -0.39 is 15.9 Å². The van der Waals surface area contributed by atoms with Crippen molar-refractivity contribution in [3.8, 4) is 0 Å². The standard InChI is InChI=1S/C9H15N3O3S/c13-9-6-16(14,15)5-8(9)11-2-4-12-3-1-10-7-12/h1,3,7-9,11,13H,2,4-6H2. The van der Waals surface area contributed by atoms with E-state index in [1.165, 1.54) is 0 Å². The van der Waals surface area contributed by atoms with Crippen molar-refractivity contribution >= 4 is 9.84 Å². The molecule has 2 atom stereocenters. The molecule has 0 spiro atoms. The summed E-state index contributed by atoms with van der Waals surface area (Å²) in [7, 11) is -3.06. The molecule has 2 rings (SSSR count). The Kier molecular flexibility index (Phi) is 3.27. The van der Waals surface area contributed by atoms with Crippen LogP contribution < -0.4 is 5.32 Å². The van der Waals surface area contributed by atoms with E-state index >= 15 is 0 Å². The van der Waals surface area contributed by atoms with Crippen LogP contribution in [-0.4, -0.2) is 53.3 Å². The molecule has 1 aromatic heterocycles.